The molecule has 1 N–H and O–H groups in total. The van der Waals surface area contributed by atoms with Crippen molar-refractivity contribution in [2.75, 3.05) is 0 Å². The van der Waals surface area contributed by atoms with Gasteiger partial charge in [0, 0.05) is 0 Å². The van der Waals surface area contributed by atoms with Crippen LogP contribution in [-0.2, 0) is 4.79 Å². The number of unbranched alkanes of at least 4 members (excludes halogenated alkanes) is 3. The van der Waals surface area contributed by atoms with E-state index in [1.165, 1.54) is 25.7 Å². The second-order valence-corrected chi connectivity index (χ2v) is 5.52. The summed E-state index contributed by atoms with van der Waals surface area (Å²) in [5.41, 5.74) is 0. The highest BCUT2D eigenvalue weighted by Gasteiger charge is 2.25. The number of hydrogen-bond acceptors (Lipinski definition) is 1. The molecule has 0 heterocycles. The molecule has 0 bridgehead atoms. The molecule has 0 rings (SSSR count). The van der Waals surface area contributed by atoms with Crippen LogP contribution in [0.4, 0.5) is 0 Å². The Morgan fingerprint density at radius 3 is 2.24 bits per heavy atom. The SMILES string of the molecule is CCCCCCC(C)C(CC(C)CC)C(=O)O. The van der Waals surface area contributed by atoms with Gasteiger partial charge in [0.15, 0.2) is 0 Å². The molecule has 3 unspecified atom stereocenters. The van der Waals surface area contributed by atoms with E-state index in [9.17, 15) is 9.90 Å². The van der Waals surface area contributed by atoms with Gasteiger partial charge in [-0.15, -0.1) is 0 Å². The van der Waals surface area contributed by atoms with E-state index in [0.717, 1.165) is 19.3 Å². The zero-order valence-electron chi connectivity index (χ0n) is 12.0. The number of carboxylic acids is 1. The van der Waals surface area contributed by atoms with Gasteiger partial charge >= 0.3 is 5.97 Å². The minimum atomic E-state index is -0.603. The lowest BCUT2D eigenvalue weighted by atomic mass is 9.82. The summed E-state index contributed by atoms with van der Waals surface area (Å²) in [6.45, 7) is 8.59. The quantitative estimate of drug-likeness (QED) is 0.562. The van der Waals surface area contributed by atoms with Crippen LogP contribution >= 0.6 is 0 Å². The Morgan fingerprint density at radius 2 is 1.76 bits per heavy atom. The first-order chi connectivity index (χ1) is 8.02. The van der Waals surface area contributed by atoms with E-state index in [1.807, 2.05) is 0 Å². The van der Waals surface area contributed by atoms with Crippen LogP contribution in [0.15, 0.2) is 0 Å². The van der Waals surface area contributed by atoms with Gasteiger partial charge in [-0.3, -0.25) is 4.79 Å². The van der Waals surface area contributed by atoms with Crippen molar-refractivity contribution in [3.05, 3.63) is 0 Å². The van der Waals surface area contributed by atoms with Crippen molar-refractivity contribution in [3.63, 3.8) is 0 Å². The van der Waals surface area contributed by atoms with Crippen molar-refractivity contribution in [3.8, 4) is 0 Å². The Bertz CT molecular complexity index is 201. The molecule has 0 fully saturated rings. The van der Waals surface area contributed by atoms with Gasteiger partial charge in [0.05, 0.1) is 5.92 Å². The van der Waals surface area contributed by atoms with Crippen molar-refractivity contribution in [2.24, 2.45) is 17.8 Å². The molecule has 0 aliphatic rings. The van der Waals surface area contributed by atoms with Crippen LogP contribution in [0.25, 0.3) is 0 Å². The number of carboxylic acid groups (broad SMARTS) is 1. The Hall–Kier alpha value is -0.530. The summed E-state index contributed by atoms with van der Waals surface area (Å²) < 4.78 is 0. The summed E-state index contributed by atoms with van der Waals surface area (Å²) in [4.78, 5) is 11.3. The lowest BCUT2D eigenvalue weighted by Crippen LogP contribution is -2.23. The van der Waals surface area contributed by atoms with Crippen LogP contribution in [0, 0.1) is 17.8 Å². The molecule has 0 aliphatic carbocycles. The highest BCUT2D eigenvalue weighted by Crippen LogP contribution is 2.26. The fourth-order valence-electron chi connectivity index (χ4n) is 2.27. The number of carbonyl (C=O) groups is 1. The average molecular weight is 242 g/mol. The van der Waals surface area contributed by atoms with Crippen LogP contribution in [0.1, 0.15) is 72.6 Å². The highest BCUT2D eigenvalue weighted by atomic mass is 16.4. The third-order valence-electron chi connectivity index (χ3n) is 3.87. The fraction of sp³-hybridized carbons (Fsp3) is 0.933. The summed E-state index contributed by atoms with van der Waals surface area (Å²) >= 11 is 0. The standard InChI is InChI=1S/C15H30O2/c1-5-7-8-9-10-13(4)14(15(16)17)11-12(3)6-2/h12-14H,5-11H2,1-4H3,(H,16,17). The van der Waals surface area contributed by atoms with E-state index in [0.29, 0.717) is 11.8 Å². The van der Waals surface area contributed by atoms with E-state index in [-0.39, 0.29) is 5.92 Å². The monoisotopic (exact) mass is 242 g/mol. The predicted molar refractivity (Wildman–Crippen MR) is 73.1 cm³/mol. The summed E-state index contributed by atoms with van der Waals surface area (Å²) in [6.07, 6.45) is 7.91. The van der Waals surface area contributed by atoms with Crippen molar-refractivity contribution < 1.29 is 9.90 Å². The molecule has 0 aromatic carbocycles. The van der Waals surface area contributed by atoms with E-state index in [1.54, 1.807) is 0 Å². The van der Waals surface area contributed by atoms with Crippen LogP contribution in [-0.4, -0.2) is 11.1 Å². The first-order valence-corrected chi connectivity index (χ1v) is 7.25. The molecule has 0 radical (unpaired) electrons. The van der Waals surface area contributed by atoms with Gasteiger partial charge in [-0.25, -0.2) is 0 Å². The highest BCUT2D eigenvalue weighted by molar-refractivity contribution is 5.70. The van der Waals surface area contributed by atoms with Crippen molar-refractivity contribution >= 4 is 5.97 Å². The molecule has 17 heavy (non-hydrogen) atoms. The van der Waals surface area contributed by atoms with E-state index < -0.39 is 5.97 Å². The molecule has 0 spiro atoms. The number of hydrogen-bond donors (Lipinski definition) is 1. The summed E-state index contributed by atoms with van der Waals surface area (Å²) in [5, 5.41) is 9.29. The minimum absolute atomic E-state index is 0.147. The first-order valence-electron chi connectivity index (χ1n) is 7.25. The van der Waals surface area contributed by atoms with Crippen LogP contribution in [0.2, 0.25) is 0 Å². The molecule has 0 aromatic heterocycles. The number of rotatable bonds is 10. The molecule has 0 saturated carbocycles. The Morgan fingerprint density at radius 1 is 1.12 bits per heavy atom. The maximum Gasteiger partial charge on any atom is 0.306 e. The number of aliphatic carboxylic acids is 1. The maximum absolute atomic E-state index is 11.3. The minimum Gasteiger partial charge on any atom is -0.481 e. The average Bonchev–Trinajstić information content (AvgIpc) is 2.30. The fourth-order valence-corrected chi connectivity index (χ4v) is 2.27. The Kier molecular flexibility index (Phi) is 9.20. The van der Waals surface area contributed by atoms with Gasteiger partial charge in [0.1, 0.15) is 0 Å². The zero-order valence-corrected chi connectivity index (χ0v) is 12.0. The molecular weight excluding hydrogens is 212 g/mol. The van der Waals surface area contributed by atoms with E-state index >= 15 is 0 Å². The largest absolute Gasteiger partial charge is 0.481 e. The van der Waals surface area contributed by atoms with Gasteiger partial charge in [-0.2, -0.15) is 0 Å². The van der Waals surface area contributed by atoms with Crippen LogP contribution in [0.5, 0.6) is 0 Å². The second kappa shape index (κ2) is 9.49. The van der Waals surface area contributed by atoms with E-state index in [4.69, 9.17) is 0 Å². The molecular formula is C15H30O2. The molecule has 2 heteroatoms. The summed E-state index contributed by atoms with van der Waals surface area (Å²) in [7, 11) is 0. The van der Waals surface area contributed by atoms with Gasteiger partial charge in [-0.05, 0) is 24.7 Å². The van der Waals surface area contributed by atoms with Crippen molar-refractivity contribution in [1.82, 2.24) is 0 Å². The Labute approximate surface area is 107 Å². The predicted octanol–water partition coefficient (Wildman–Crippen LogP) is 4.73. The van der Waals surface area contributed by atoms with Crippen molar-refractivity contribution in [2.45, 2.75) is 72.6 Å². The topological polar surface area (TPSA) is 37.3 Å². The lowest BCUT2D eigenvalue weighted by molar-refractivity contribution is -0.144. The first kappa shape index (κ1) is 16.5. The molecule has 0 aliphatic heterocycles. The maximum atomic E-state index is 11.3. The van der Waals surface area contributed by atoms with Gasteiger partial charge < -0.3 is 5.11 Å². The molecule has 0 saturated heterocycles. The lowest BCUT2D eigenvalue weighted by Gasteiger charge is -2.22. The third-order valence-corrected chi connectivity index (χ3v) is 3.87. The van der Waals surface area contributed by atoms with Crippen molar-refractivity contribution in [1.29, 1.82) is 0 Å². The molecule has 0 amide bonds. The second-order valence-electron chi connectivity index (χ2n) is 5.52. The molecule has 2 nitrogen and oxygen atoms in total. The third kappa shape index (κ3) is 7.40. The van der Waals surface area contributed by atoms with Crippen LogP contribution in [0.3, 0.4) is 0 Å². The van der Waals surface area contributed by atoms with Gasteiger partial charge in [0.2, 0.25) is 0 Å². The van der Waals surface area contributed by atoms with Crippen LogP contribution < -0.4 is 0 Å². The summed E-state index contributed by atoms with van der Waals surface area (Å²) in [6, 6.07) is 0. The van der Waals surface area contributed by atoms with Gasteiger partial charge in [0.25, 0.3) is 0 Å². The molecule has 0 aromatic rings. The summed E-state index contributed by atoms with van der Waals surface area (Å²) in [5.74, 6) is 0.0902. The smallest absolute Gasteiger partial charge is 0.306 e. The normalized spacial score (nSPS) is 16.5. The van der Waals surface area contributed by atoms with E-state index in [2.05, 4.69) is 27.7 Å². The Balaban J connectivity index is 4.06. The zero-order chi connectivity index (χ0) is 13.3. The molecule has 3 atom stereocenters. The molecule has 102 valence electrons. The van der Waals surface area contributed by atoms with Gasteiger partial charge in [-0.1, -0.05) is 59.8 Å².